The number of amides is 1. The van der Waals surface area contributed by atoms with Crippen molar-refractivity contribution in [3.8, 4) is 23.8 Å². The van der Waals surface area contributed by atoms with Gasteiger partial charge < -0.3 is 14.8 Å². The summed E-state index contributed by atoms with van der Waals surface area (Å²) in [6, 6.07) is 9.08. The summed E-state index contributed by atoms with van der Waals surface area (Å²) in [5, 5.41) is 3.88. The van der Waals surface area contributed by atoms with Crippen molar-refractivity contribution in [2.75, 3.05) is 13.7 Å². The van der Waals surface area contributed by atoms with Gasteiger partial charge in [0, 0.05) is 5.02 Å². The van der Waals surface area contributed by atoms with Crippen LogP contribution in [0.15, 0.2) is 44.7 Å². The molecule has 1 amide bonds. The third-order valence-corrected chi connectivity index (χ3v) is 5.79. The van der Waals surface area contributed by atoms with E-state index in [0.717, 1.165) is 11.1 Å². The molecule has 1 aliphatic rings. The number of benzene rings is 2. The van der Waals surface area contributed by atoms with E-state index in [1.165, 1.54) is 18.9 Å². The average molecular weight is 492 g/mol. The molecular formula is C21H16BrClN2O3S. The molecule has 2 aromatic rings. The number of nitrogens with zero attached hydrogens (tertiary/aromatic N) is 1. The molecule has 0 aromatic heterocycles. The summed E-state index contributed by atoms with van der Waals surface area (Å²) in [6.07, 6.45) is 7.00. The zero-order valence-electron chi connectivity index (χ0n) is 15.6. The molecule has 2 aromatic carbocycles. The van der Waals surface area contributed by atoms with Gasteiger partial charge in [0.15, 0.2) is 16.7 Å². The van der Waals surface area contributed by atoms with Crippen molar-refractivity contribution in [1.82, 2.24) is 5.32 Å². The Balaban J connectivity index is 1.86. The van der Waals surface area contributed by atoms with Gasteiger partial charge in [0.25, 0.3) is 5.91 Å². The first-order valence-corrected chi connectivity index (χ1v) is 10.4. The molecule has 29 heavy (non-hydrogen) atoms. The number of hydrogen-bond donors (Lipinski definition) is 1. The Morgan fingerprint density at radius 3 is 2.86 bits per heavy atom. The molecule has 0 unspecified atom stereocenters. The largest absolute Gasteiger partial charge is 0.493 e. The maximum atomic E-state index is 12.4. The van der Waals surface area contributed by atoms with Crippen molar-refractivity contribution < 1.29 is 14.3 Å². The molecule has 0 radical (unpaired) electrons. The van der Waals surface area contributed by atoms with E-state index >= 15 is 0 Å². The average Bonchev–Trinajstić information content (AvgIpc) is 3.02. The summed E-state index contributed by atoms with van der Waals surface area (Å²) in [5.41, 5.74) is 2.40. The van der Waals surface area contributed by atoms with Gasteiger partial charge in [0.1, 0.15) is 6.61 Å². The quantitative estimate of drug-likeness (QED) is 0.454. The Hall–Kier alpha value is -2.40. The highest BCUT2D eigenvalue weighted by Gasteiger charge is 2.24. The molecule has 0 spiro atoms. The van der Waals surface area contributed by atoms with Gasteiger partial charge in [0.05, 0.1) is 22.2 Å². The molecule has 1 saturated heterocycles. The van der Waals surface area contributed by atoms with Gasteiger partial charge in [-0.05, 0) is 76.1 Å². The van der Waals surface area contributed by atoms with Crippen LogP contribution in [0.2, 0.25) is 5.02 Å². The van der Waals surface area contributed by atoms with E-state index in [2.05, 4.69) is 32.2 Å². The Morgan fingerprint density at radius 1 is 1.38 bits per heavy atom. The summed E-state index contributed by atoms with van der Waals surface area (Å²) in [5.74, 6) is 3.21. The fourth-order valence-corrected chi connectivity index (χ4v) is 4.07. The fraction of sp³-hybridized carbons (Fsp3) is 0.143. The van der Waals surface area contributed by atoms with E-state index in [0.29, 0.717) is 36.8 Å². The van der Waals surface area contributed by atoms with Gasteiger partial charge in [-0.15, -0.1) is 6.42 Å². The minimum absolute atomic E-state index is 0.122. The van der Waals surface area contributed by atoms with Crippen LogP contribution in [0.5, 0.6) is 11.5 Å². The molecular weight excluding hydrogens is 476 g/mol. The minimum atomic E-state index is -0.227. The van der Waals surface area contributed by atoms with E-state index in [1.54, 1.807) is 18.2 Å². The van der Waals surface area contributed by atoms with Crippen LogP contribution in [-0.4, -0.2) is 24.8 Å². The van der Waals surface area contributed by atoms with E-state index < -0.39 is 0 Å². The second-order valence-corrected chi connectivity index (χ2v) is 8.23. The van der Waals surface area contributed by atoms with Gasteiger partial charge in [-0.25, -0.2) is 4.99 Å². The van der Waals surface area contributed by atoms with Crippen LogP contribution in [0.1, 0.15) is 11.1 Å². The molecule has 0 saturated carbocycles. The van der Waals surface area contributed by atoms with Gasteiger partial charge in [-0.3, -0.25) is 4.79 Å². The zero-order chi connectivity index (χ0) is 21.0. The van der Waals surface area contributed by atoms with Crippen LogP contribution in [-0.2, 0) is 4.79 Å². The zero-order valence-corrected chi connectivity index (χ0v) is 18.7. The number of halogens is 2. The Kier molecular flexibility index (Phi) is 6.91. The molecule has 1 heterocycles. The van der Waals surface area contributed by atoms with Crippen molar-refractivity contribution >= 4 is 62.1 Å². The number of hydrogen-bond acceptors (Lipinski definition) is 5. The second kappa shape index (κ2) is 9.40. The first kappa shape index (κ1) is 21.3. The minimum Gasteiger partial charge on any atom is -0.493 e. The standard InChI is InChI=1S/C21H16BrClN2O3S/c1-4-7-28-19-15(22)8-13(9-17(19)27-3)10-18-20(26)25-21(29-18)24-14-6-5-12(2)16(23)11-14/h1,5-6,8-11H,7H2,2-3H3,(H,24,25,26). The number of carbonyl (C=O) groups excluding carboxylic acids is 1. The van der Waals surface area contributed by atoms with Gasteiger partial charge >= 0.3 is 0 Å². The number of terminal acetylenes is 1. The normalized spacial score (nSPS) is 16.0. The number of ether oxygens (including phenoxy) is 2. The lowest BCUT2D eigenvalue weighted by molar-refractivity contribution is -0.115. The molecule has 5 nitrogen and oxygen atoms in total. The van der Waals surface area contributed by atoms with E-state index in [-0.39, 0.29) is 12.5 Å². The van der Waals surface area contributed by atoms with Crippen molar-refractivity contribution in [3.63, 3.8) is 0 Å². The third-order valence-electron chi connectivity index (χ3n) is 3.89. The summed E-state index contributed by atoms with van der Waals surface area (Å²) in [7, 11) is 1.54. The Morgan fingerprint density at radius 2 is 2.17 bits per heavy atom. The molecule has 1 N–H and O–H groups in total. The van der Waals surface area contributed by atoms with Crippen molar-refractivity contribution in [2.24, 2.45) is 4.99 Å². The number of aliphatic imine (C=N–C) groups is 1. The van der Waals surface area contributed by atoms with Crippen LogP contribution in [0.4, 0.5) is 5.69 Å². The molecule has 1 fully saturated rings. The summed E-state index contributed by atoms with van der Waals surface area (Å²) >= 11 is 10.8. The lowest BCUT2D eigenvalue weighted by Crippen LogP contribution is -2.19. The van der Waals surface area contributed by atoms with E-state index in [4.69, 9.17) is 27.5 Å². The molecule has 0 aliphatic carbocycles. The number of rotatable bonds is 5. The number of carbonyl (C=O) groups is 1. The highest BCUT2D eigenvalue weighted by molar-refractivity contribution is 9.10. The van der Waals surface area contributed by atoms with E-state index in [9.17, 15) is 4.79 Å². The van der Waals surface area contributed by atoms with Crippen LogP contribution in [0.3, 0.4) is 0 Å². The van der Waals surface area contributed by atoms with Crippen molar-refractivity contribution in [2.45, 2.75) is 6.92 Å². The lowest BCUT2D eigenvalue weighted by Gasteiger charge is -2.12. The van der Waals surface area contributed by atoms with Crippen LogP contribution < -0.4 is 14.8 Å². The second-order valence-electron chi connectivity index (χ2n) is 5.94. The predicted octanol–water partition coefficient (Wildman–Crippen LogP) is 5.32. The van der Waals surface area contributed by atoms with Crippen LogP contribution in [0, 0.1) is 19.3 Å². The van der Waals surface area contributed by atoms with E-state index in [1.807, 2.05) is 25.1 Å². The monoisotopic (exact) mass is 490 g/mol. The summed E-state index contributed by atoms with van der Waals surface area (Å²) in [6.45, 7) is 2.04. The number of nitrogens with one attached hydrogen (secondary N) is 1. The number of aryl methyl sites for hydroxylation is 1. The number of thioether (sulfide) groups is 1. The van der Waals surface area contributed by atoms with Gasteiger partial charge in [-0.2, -0.15) is 0 Å². The summed E-state index contributed by atoms with van der Waals surface area (Å²) in [4.78, 5) is 17.3. The van der Waals surface area contributed by atoms with Gasteiger partial charge in [0.2, 0.25) is 0 Å². The highest BCUT2D eigenvalue weighted by Crippen LogP contribution is 2.38. The maximum absolute atomic E-state index is 12.4. The fourth-order valence-electron chi connectivity index (χ4n) is 2.48. The topological polar surface area (TPSA) is 59.9 Å². The third kappa shape index (κ3) is 5.15. The van der Waals surface area contributed by atoms with Crippen LogP contribution in [0.25, 0.3) is 6.08 Å². The molecule has 0 bridgehead atoms. The molecule has 8 heteroatoms. The molecule has 0 atom stereocenters. The lowest BCUT2D eigenvalue weighted by atomic mass is 10.2. The maximum Gasteiger partial charge on any atom is 0.264 e. The molecule has 3 rings (SSSR count). The smallest absolute Gasteiger partial charge is 0.264 e. The predicted molar refractivity (Wildman–Crippen MR) is 122 cm³/mol. The Labute approximate surface area is 186 Å². The number of methoxy groups -OCH3 is 1. The van der Waals surface area contributed by atoms with Crippen LogP contribution >= 0.6 is 39.3 Å². The summed E-state index contributed by atoms with van der Waals surface area (Å²) < 4.78 is 11.6. The molecule has 1 aliphatic heterocycles. The first-order valence-electron chi connectivity index (χ1n) is 8.41. The highest BCUT2D eigenvalue weighted by atomic mass is 79.9. The number of amidine groups is 1. The van der Waals surface area contributed by atoms with Crippen molar-refractivity contribution in [3.05, 3.63) is 55.9 Å². The SMILES string of the molecule is C#CCOc1c(Br)cc(C=C2SC(=Nc3ccc(C)c(Cl)c3)NC2=O)cc1OC. The van der Waals surface area contributed by atoms with Gasteiger partial charge in [-0.1, -0.05) is 23.6 Å². The van der Waals surface area contributed by atoms with Crippen molar-refractivity contribution in [1.29, 1.82) is 0 Å². The Bertz CT molecular complexity index is 1080. The first-order chi connectivity index (χ1) is 13.9. The molecule has 148 valence electrons.